The molecule has 0 amide bonds. The molecule has 0 bridgehead atoms. The summed E-state index contributed by atoms with van der Waals surface area (Å²) < 4.78 is 0. The zero-order valence-electron chi connectivity index (χ0n) is 6.87. The van der Waals surface area contributed by atoms with Gasteiger partial charge in [0.2, 0.25) is 0 Å². The van der Waals surface area contributed by atoms with Crippen molar-refractivity contribution in [2.75, 3.05) is 5.73 Å². The third-order valence-corrected chi connectivity index (χ3v) is 1.83. The van der Waals surface area contributed by atoms with Gasteiger partial charge in [-0.3, -0.25) is 0 Å². The Balaban J connectivity index is 3.00. The molecule has 0 saturated heterocycles. The van der Waals surface area contributed by atoms with Crippen molar-refractivity contribution in [3.05, 3.63) is 22.8 Å². The molecule has 13 heavy (non-hydrogen) atoms. The molecule has 0 saturated carbocycles. The van der Waals surface area contributed by atoms with E-state index in [4.69, 9.17) is 28.3 Å². The molecule has 1 rings (SSSR count). The topological polar surface area (TPSA) is 88.7 Å². The predicted molar refractivity (Wildman–Crippen MR) is 50.8 cm³/mol. The first-order valence-corrected chi connectivity index (χ1v) is 4.06. The summed E-state index contributed by atoms with van der Waals surface area (Å²) in [6.07, 6.45) is 1.64. The van der Waals surface area contributed by atoms with Crippen LogP contribution in [0.2, 0.25) is 5.02 Å². The Morgan fingerprint density at radius 2 is 2.38 bits per heavy atom. The molecular formula is C8H9ClN4. The van der Waals surface area contributed by atoms with Crippen LogP contribution in [-0.2, 0) is 0 Å². The summed E-state index contributed by atoms with van der Waals surface area (Å²) in [6, 6.07) is 3.17. The van der Waals surface area contributed by atoms with Crippen LogP contribution in [0.1, 0.15) is 18.0 Å². The Hall–Kier alpha value is -1.31. The van der Waals surface area contributed by atoms with Crippen LogP contribution < -0.4 is 11.5 Å². The summed E-state index contributed by atoms with van der Waals surface area (Å²) in [7, 11) is 0. The maximum absolute atomic E-state index is 8.43. The van der Waals surface area contributed by atoms with Gasteiger partial charge in [-0.1, -0.05) is 11.6 Å². The van der Waals surface area contributed by atoms with Crippen LogP contribution in [0.15, 0.2) is 12.3 Å². The summed E-state index contributed by atoms with van der Waals surface area (Å²) in [4.78, 5) is 3.84. The third kappa shape index (κ3) is 2.31. The minimum Gasteiger partial charge on any atom is -0.383 e. The standard InChI is InChI=1S/C8H9ClN4/c9-5-3-6(7(11)1-2-10)8(12)13-4-5/h3-4,7H,1,11H2,(H2,12,13)/t7-/m1/s1. The predicted octanol–water partition coefficient (Wildman–Crippen LogP) is 1.23. The number of nitriles is 1. The van der Waals surface area contributed by atoms with Crippen molar-refractivity contribution < 1.29 is 0 Å². The van der Waals surface area contributed by atoms with Gasteiger partial charge in [-0.05, 0) is 6.07 Å². The van der Waals surface area contributed by atoms with Gasteiger partial charge in [0.05, 0.1) is 17.5 Å². The van der Waals surface area contributed by atoms with Crippen LogP contribution in [0.3, 0.4) is 0 Å². The lowest BCUT2D eigenvalue weighted by Crippen LogP contribution is -2.12. The summed E-state index contributed by atoms with van der Waals surface area (Å²) in [6.45, 7) is 0. The van der Waals surface area contributed by atoms with Gasteiger partial charge < -0.3 is 11.5 Å². The van der Waals surface area contributed by atoms with Crippen molar-refractivity contribution in [3.8, 4) is 6.07 Å². The first-order chi connectivity index (χ1) is 6.15. The molecule has 1 atom stereocenters. The Kier molecular flexibility index (Phi) is 3.07. The third-order valence-electron chi connectivity index (χ3n) is 1.63. The van der Waals surface area contributed by atoms with Gasteiger partial charge in [-0.15, -0.1) is 0 Å². The van der Waals surface area contributed by atoms with Crippen LogP contribution >= 0.6 is 11.6 Å². The van der Waals surface area contributed by atoms with Gasteiger partial charge in [0.15, 0.2) is 0 Å². The molecule has 4 nitrogen and oxygen atoms in total. The number of rotatable bonds is 2. The first-order valence-electron chi connectivity index (χ1n) is 3.68. The molecule has 0 unspecified atom stereocenters. The number of pyridine rings is 1. The molecule has 4 N–H and O–H groups in total. The molecule has 1 heterocycles. The average Bonchev–Trinajstić information content (AvgIpc) is 2.09. The Bertz CT molecular complexity index is 344. The Morgan fingerprint density at radius 3 is 3.00 bits per heavy atom. The first kappa shape index (κ1) is 9.78. The van der Waals surface area contributed by atoms with E-state index in [-0.39, 0.29) is 6.42 Å². The fraction of sp³-hybridized carbons (Fsp3) is 0.250. The zero-order valence-corrected chi connectivity index (χ0v) is 7.62. The maximum atomic E-state index is 8.43. The molecule has 1 aromatic rings. The highest BCUT2D eigenvalue weighted by Crippen LogP contribution is 2.22. The van der Waals surface area contributed by atoms with Crippen LogP contribution in [0.25, 0.3) is 0 Å². The van der Waals surface area contributed by atoms with E-state index in [9.17, 15) is 0 Å². The Morgan fingerprint density at radius 1 is 1.69 bits per heavy atom. The van der Waals surface area contributed by atoms with Gasteiger partial charge in [-0.2, -0.15) is 5.26 Å². The SMILES string of the molecule is N#CC[C@@H](N)c1cc(Cl)cnc1N. The summed E-state index contributed by atoms with van der Waals surface area (Å²) in [5, 5.41) is 8.90. The molecule has 0 fully saturated rings. The summed E-state index contributed by atoms with van der Waals surface area (Å²) in [5.74, 6) is 0.326. The van der Waals surface area contributed by atoms with E-state index < -0.39 is 6.04 Å². The largest absolute Gasteiger partial charge is 0.383 e. The van der Waals surface area contributed by atoms with Gasteiger partial charge in [0.1, 0.15) is 5.82 Å². The number of anilines is 1. The molecule has 68 valence electrons. The van der Waals surface area contributed by atoms with E-state index in [2.05, 4.69) is 4.98 Å². The van der Waals surface area contributed by atoms with E-state index in [0.717, 1.165) is 0 Å². The molecule has 0 aliphatic heterocycles. The molecule has 0 aliphatic carbocycles. The second-order valence-electron chi connectivity index (χ2n) is 2.60. The summed E-state index contributed by atoms with van der Waals surface area (Å²) in [5.41, 5.74) is 11.9. The number of nitrogen functional groups attached to an aromatic ring is 1. The number of halogens is 1. The number of hydrogen-bond donors (Lipinski definition) is 2. The maximum Gasteiger partial charge on any atom is 0.128 e. The lowest BCUT2D eigenvalue weighted by Gasteiger charge is -2.09. The van der Waals surface area contributed by atoms with Gasteiger partial charge >= 0.3 is 0 Å². The lowest BCUT2D eigenvalue weighted by molar-refractivity contribution is 0.747. The minimum absolute atomic E-state index is 0.201. The van der Waals surface area contributed by atoms with E-state index in [1.54, 1.807) is 6.07 Å². The minimum atomic E-state index is -0.420. The fourth-order valence-corrected chi connectivity index (χ4v) is 1.14. The normalized spacial score (nSPS) is 12.1. The van der Waals surface area contributed by atoms with Gasteiger partial charge in [0.25, 0.3) is 0 Å². The second kappa shape index (κ2) is 4.08. The van der Waals surface area contributed by atoms with E-state index in [1.807, 2.05) is 6.07 Å². The quantitative estimate of drug-likeness (QED) is 0.745. The molecule has 0 aromatic carbocycles. The van der Waals surface area contributed by atoms with Crippen molar-refractivity contribution in [2.45, 2.75) is 12.5 Å². The van der Waals surface area contributed by atoms with Crippen LogP contribution in [0.4, 0.5) is 5.82 Å². The van der Waals surface area contributed by atoms with E-state index in [0.29, 0.717) is 16.4 Å². The highest BCUT2D eigenvalue weighted by atomic mass is 35.5. The summed E-state index contributed by atoms with van der Waals surface area (Å²) >= 11 is 5.70. The fourth-order valence-electron chi connectivity index (χ4n) is 0.971. The number of nitrogens with zero attached hydrogens (tertiary/aromatic N) is 2. The Labute approximate surface area is 81.1 Å². The van der Waals surface area contributed by atoms with Crippen molar-refractivity contribution in [2.24, 2.45) is 5.73 Å². The zero-order chi connectivity index (χ0) is 9.84. The van der Waals surface area contributed by atoms with Crippen LogP contribution in [-0.4, -0.2) is 4.98 Å². The smallest absolute Gasteiger partial charge is 0.128 e. The highest BCUT2D eigenvalue weighted by molar-refractivity contribution is 6.30. The van der Waals surface area contributed by atoms with Gasteiger partial charge in [-0.25, -0.2) is 4.98 Å². The van der Waals surface area contributed by atoms with Gasteiger partial charge in [0, 0.05) is 17.8 Å². The van der Waals surface area contributed by atoms with Crippen LogP contribution in [0.5, 0.6) is 0 Å². The number of nitrogens with two attached hydrogens (primary N) is 2. The molecular weight excluding hydrogens is 188 g/mol. The van der Waals surface area contributed by atoms with Crippen molar-refractivity contribution >= 4 is 17.4 Å². The lowest BCUT2D eigenvalue weighted by atomic mass is 10.1. The molecule has 0 radical (unpaired) electrons. The molecule has 1 aromatic heterocycles. The molecule has 0 aliphatic rings. The highest BCUT2D eigenvalue weighted by Gasteiger charge is 2.10. The molecule has 0 spiro atoms. The average molecular weight is 197 g/mol. The van der Waals surface area contributed by atoms with Crippen molar-refractivity contribution in [1.82, 2.24) is 4.98 Å². The second-order valence-corrected chi connectivity index (χ2v) is 3.03. The molecule has 5 heteroatoms. The number of aromatic nitrogens is 1. The van der Waals surface area contributed by atoms with E-state index >= 15 is 0 Å². The van der Waals surface area contributed by atoms with Crippen molar-refractivity contribution in [1.29, 1.82) is 5.26 Å². The van der Waals surface area contributed by atoms with Crippen molar-refractivity contribution in [3.63, 3.8) is 0 Å². The monoisotopic (exact) mass is 196 g/mol. The van der Waals surface area contributed by atoms with Crippen LogP contribution in [0, 0.1) is 11.3 Å². The number of hydrogen-bond acceptors (Lipinski definition) is 4. The van der Waals surface area contributed by atoms with E-state index in [1.165, 1.54) is 6.20 Å².